The minimum Gasteiger partial charge on any atom is -0.256 e. The van der Waals surface area contributed by atoms with E-state index in [1.165, 1.54) is 70.9 Å². The third-order valence-electron chi connectivity index (χ3n) is 9.34. The zero-order valence-electron chi connectivity index (χ0n) is 24.7. The van der Waals surface area contributed by atoms with Crippen LogP contribution in [0.2, 0.25) is 0 Å². The normalized spacial score (nSPS) is 13.4. The number of hydrogen-bond donors (Lipinski definition) is 0. The van der Waals surface area contributed by atoms with Gasteiger partial charge in [-0.25, -0.2) is 0 Å². The molecule has 0 fully saturated rings. The van der Waals surface area contributed by atoms with Crippen molar-refractivity contribution in [1.29, 1.82) is 0 Å². The number of fused-ring (bicyclic) bond motifs is 2. The largest absolute Gasteiger partial charge is 0.256 e. The van der Waals surface area contributed by atoms with E-state index in [9.17, 15) is 0 Å². The molecule has 0 saturated carbocycles. The molecule has 45 heavy (non-hydrogen) atoms. The van der Waals surface area contributed by atoms with Crippen LogP contribution in [0, 0.1) is 0 Å². The summed E-state index contributed by atoms with van der Waals surface area (Å²) in [5.41, 5.74) is 9.55. The molecule has 7 aromatic carbocycles. The zero-order valence-corrected chi connectivity index (χ0v) is 24.7. The summed E-state index contributed by atoms with van der Waals surface area (Å²) in [6, 6.07) is 48.2. The number of rotatable bonds is 4. The first-order valence-corrected chi connectivity index (χ1v) is 15.6. The second kappa shape index (κ2) is 10.4. The molecule has 0 spiro atoms. The fraction of sp³-hybridized carbons (Fsp3) is 0.0227. The van der Waals surface area contributed by atoms with Crippen LogP contribution in [0.1, 0.15) is 17.5 Å². The van der Waals surface area contributed by atoms with Gasteiger partial charge in [0.15, 0.2) is 0 Å². The first-order chi connectivity index (χ1) is 22.3. The molecule has 0 aliphatic heterocycles. The Bertz CT molecular complexity index is 2440. The fourth-order valence-corrected chi connectivity index (χ4v) is 7.22. The first kappa shape index (κ1) is 25.7. The lowest BCUT2D eigenvalue weighted by molar-refractivity contribution is 1.33. The highest BCUT2D eigenvalue weighted by molar-refractivity contribution is 6.34. The third kappa shape index (κ3) is 4.20. The molecular weight excluding hydrogens is 542 g/mol. The van der Waals surface area contributed by atoms with Crippen molar-refractivity contribution >= 4 is 54.2 Å². The molecule has 0 atom stereocenters. The Labute approximate surface area is 262 Å². The van der Waals surface area contributed by atoms with Gasteiger partial charge < -0.3 is 0 Å². The number of hydrogen-bond acceptors (Lipinski definition) is 1. The van der Waals surface area contributed by atoms with Crippen molar-refractivity contribution in [3.63, 3.8) is 0 Å². The first-order valence-electron chi connectivity index (χ1n) is 15.6. The fourth-order valence-electron chi connectivity index (χ4n) is 7.22. The predicted octanol–water partition coefficient (Wildman–Crippen LogP) is 11.9. The van der Waals surface area contributed by atoms with Crippen LogP contribution in [0.5, 0.6) is 0 Å². The van der Waals surface area contributed by atoms with Crippen molar-refractivity contribution in [3.8, 4) is 22.4 Å². The van der Waals surface area contributed by atoms with E-state index in [4.69, 9.17) is 4.98 Å². The van der Waals surface area contributed by atoms with Crippen LogP contribution < -0.4 is 0 Å². The molecular formula is C44H29N. The Morgan fingerprint density at radius 2 is 0.933 bits per heavy atom. The topological polar surface area (TPSA) is 12.9 Å². The second-order valence-electron chi connectivity index (χ2n) is 11.8. The lowest BCUT2D eigenvalue weighted by Gasteiger charge is -2.18. The molecule has 0 radical (unpaired) electrons. The van der Waals surface area contributed by atoms with Crippen LogP contribution in [0.15, 0.2) is 164 Å². The number of allylic oxidation sites excluding steroid dienone is 6. The van der Waals surface area contributed by atoms with Crippen molar-refractivity contribution in [2.24, 2.45) is 0 Å². The molecule has 0 unspecified atom stereocenters. The summed E-state index contributed by atoms with van der Waals surface area (Å²) in [5.74, 6) is 0. The molecule has 0 N–H and O–H groups in total. The molecule has 0 amide bonds. The van der Waals surface area contributed by atoms with E-state index in [2.05, 4.69) is 152 Å². The van der Waals surface area contributed by atoms with Gasteiger partial charge in [-0.2, -0.15) is 0 Å². The van der Waals surface area contributed by atoms with Crippen molar-refractivity contribution in [3.05, 3.63) is 175 Å². The highest BCUT2D eigenvalue weighted by Gasteiger charge is 2.18. The minimum absolute atomic E-state index is 0.904. The van der Waals surface area contributed by atoms with E-state index in [0.29, 0.717) is 0 Å². The molecule has 0 bridgehead atoms. The van der Waals surface area contributed by atoms with E-state index < -0.39 is 0 Å². The second-order valence-corrected chi connectivity index (χ2v) is 11.8. The summed E-state index contributed by atoms with van der Waals surface area (Å²) >= 11 is 0. The zero-order chi connectivity index (χ0) is 29.7. The molecule has 9 rings (SSSR count). The van der Waals surface area contributed by atoms with Gasteiger partial charge in [0.05, 0.1) is 5.69 Å². The SMILES string of the molecule is C1=CC(c2ccc3c4cccc5c(-c6ccc(-c7ccccc7)nc6)ccc(c6cccc2c36)c54)=CCC=C1c1ccccc1. The molecule has 1 aliphatic carbocycles. The van der Waals surface area contributed by atoms with E-state index in [0.717, 1.165) is 23.2 Å². The van der Waals surface area contributed by atoms with Crippen molar-refractivity contribution in [2.75, 3.05) is 0 Å². The summed E-state index contributed by atoms with van der Waals surface area (Å²) in [6.45, 7) is 0. The Kier molecular flexibility index (Phi) is 5.96. The molecule has 0 saturated heterocycles. The number of nitrogens with zero attached hydrogens (tertiary/aromatic N) is 1. The Hall–Kier alpha value is -5.79. The van der Waals surface area contributed by atoms with Gasteiger partial charge in [-0.05, 0) is 83.4 Å². The molecule has 1 nitrogen and oxygen atoms in total. The van der Waals surface area contributed by atoms with Crippen LogP contribution >= 0.6 is 0 Å². The van der Waals surface area contributed by atoms with E-state index in [1.54, 1.807) is 0 Å². The quantitative estimate of drug-likeness (QED) is 0.151. The summed E-state index contributed by atoms with van der Waals surface area (Å²) in [5, 5.41) is 10.4. The lowest BCUT2D eigenvalue weighted by Crippen LogP contribution is -1.92. The van der Waals surface area contributed by atoms with Crippen LogP contribution in [-0.4, -0.2) is 4.98 Å². The molecule has 1 heterocycles. The minimum atomic E-state index is 0.904. The molecule has 1 aromatic heterocycles. The van der Waals surface area contributed by atoms with Crippen LogP contribution in [-0.2, 0) is 0 Å². The van der Waals surface area contributed by atoms with Crippen molar-refractivity contribution < 1.29 is 0 Å². The standard InChI is InChI=1S/C44H29N/c1-3-10-29(11-4-1)30-14-7-15-31(21-20-30)34-23-25-40-39-19-9-17-37-35(33-22-27-42(45-28-33)32-12-5-2-6-13-32)24-26-41(44(37)39)38-18-8-16-36(34)43(38)40/h1-6,8-28H,7H2. The van der Waals surface area contributed by atoms with Crippen molar-refractivity contribution in [2.45, 2.75) is 6.42 Å². The molecule has 1 heteroatoms. The van der Waals surface area contributed by atoms with Crippen LogP contribution in [0.25, 0.3) is 76.6 Å². The van der Waals surface area contributed by atoms with E-state index in [1.807, 2.05) is 12.3 Å². The Morgan fingerprint density at radius 3 is 1.60 bits per heavy atom. The Morgan fingerprint density at radius 1 is 0.378 bits per heavy atom. The summed E-state index contributed by atoms with van der Waals surface area (Å²) in [4.78, 5) is 4.85. The van der Waals surface area contributed by atoms with E-state index in [-0.39, 0.29) is 0 Å². The van der Waals surface area contributed by atoms with Gasteiger partial charge >= 0.3 is 0 Å². The van der Waals surface area contributed by atoms with Gasteiger partial charge in [-0.3, -0.25) is 4.98 Å². The van der Waals surface area contributed by atoms with Gasteiger partial charge in [0.1, 0.15) is 0 Å². The smallest absolute Gasteiger partial charge is 0.0702 e. The van der Waals surface area contributed by atoms with Crippen LogP contribution in [0.3, 0.4) is 0 Å². The monoisotopic (exact) mass is 571 g/mol. The van der Waals surface area contributed by atoms with E-state index >= 15 is 0 Å². The maximum Gasteiger partial charge on any atom is 0.0702 e. The van der Waals surface area contributed by atoms with Gasteiger partial charge in [0.25, 0.3) is 0 Å². The maximum absolute atomic E-state index is 4.85. The number of benzene rings is 7. The number of pyridine rings is 1. The van der Waals surface area contributed by atoms with Gasteiger partial charge in [0.2, 0.25) is 0 Å². The lowest BCUT2D eigenvalue weighted by atomic mass is 9.85. The average molecular weight is 572 g/mol. The highest BCUT2D eigenvalue weighted by atomic mass is 14.7. The third-order valence-corrected chi connectivity index (χ3v) is 9.34. The summed E-state index contributed by atoms with van der Waals surface area (Å²) < 4.78 is 0. The van der Waals surface area contributed by atoms with Gasteiger partial charge in [-0.15, -0.1) is 0 Å². The maximum atomic E-state index is 4.85. The average Bonchev–Trinajstić information content (AvgIpc) is 3.37. The van der Waals surface area contributed by atoms with Gasteiger partial charge in [0, 0.05) is 17.3 Å². The predicted molar refractivity (Wildman–Crippen MR) is 192 cm³/mol. The molecule has 1 aliphatic rings. The summed E-state index contributed by atoms with van der Waals surface area (Å²) in [6.07, 6.45) is 12.2. The Balaban J connectivity index is 1.19. The summed E-state index contributed by atoms with van der Waals surface area (Å²) in [7, 11) is 0. The molecule has 210 valence electrons. The van der Waals surface area contributed by atoms with Crippen LogP contribution in [0.4, 0.5) is 0 Å². The molecule has 8 aromatic rings. The highest BCUT2D eigenvalue weighted by Crippen LogP contribution is 2.44. The van der Waals surface area contributed by atoms with Crippen molar-refractivity contribution in [1.82, 2.24) is 4.98 Å². The van der Waals surface area contributed by atoms with Gasteiger partial charge in [-0.1, -0.05) is 152 Å². The number of aromatic nitrogens is 1.